The van der Waals surface area contributed by atoms with Crippen LogP contribution < -0.4 is 5.32 Å². The van der Waals surface area contributed by atoms with E-state index in [1.807, 2.05) is 43.3 Å². The second-order valence-electron chi connectivity index (χ2n) is 4.23. The van der Waals surface area contributed by atoms with Gasteiger partial charge in [0.25, 0.3) is 0 Å². The average Bonchev–Trinajstić information content (AvgIpc) is 2.42. The molecule has 0 unspecified atom stereocenters. The van der Waals surface area contributed by atoms with Gasteiger partial charge < -0.3 is 5.32 Å². The van der Waals surface area contributed by atoms with Gasteiger partial charge in [-0.05, 0) is 36.8 Å². The number of carbonyl (C=O) groups is 1. The number of hydrogen-bond donors (Lipinski definition) is 1. The van der Waals surface area contributed by atoms with Crippen LogP contribution in [0.1, 0.15) is 5.56 Å². The van der Waals surface area contributed by atoms with E-state index in [4.69, 9.17) is 23.2 Å². The van der Waals surface area contributed by atoms with Gasteiger partial charge in [-0.3, -0.25) is 4.79 Å². The number of carbonyl (C=O) groups excluding carboxylic acids is 1. The van der Waals surface area contributed by atoms with Gasteiger partial charge in [0.2, 0.25) is 5.91 Å². The zero-order valence-corrected chi connectivity index (χ0v) is 13.1. The van der Waals surface area contributed by atoms with E-state index in [1.165, 1.54) is 11.8 Å². The molecule has 2 aromatic rings. The lowest BCUT2D eigenvalue weighted by Gasteiger charge is -2.07. The van der Waals surface area contributed by atoms with Crippen LogP contribution in [-0.4, -0.2) is 11.7 Å². The first-order chi connectivity index (χ1) is 9.56. The van der Waals surface area contributed by atoms with E-state index in [-0.39, 0.29) is 5.91 Å². The quantitative estimate of drug-likeness (QED) is 0.798. The van der Waals surface area contributed by atoms with Crippen molar-refractivity contribution in [2.24, 2.45) is 0 Å². The summed E-state index contributed by atoms with van der Waals surface area (Å²) in [5.74, 6) is 0.213. The fraction of sp³-hybridized carbons (Fsp3) is 0.133. The molecule has 2 nitrogen and oxygen atoms in total. The second-order valence-corrected chi connectivity index (χ2v) is 6.06. The molecule has 0 heterocycles. The summed E-state index contributed by atoms with van der Waals surface area (Å²) in [6, 6.07) is 12.9. The molecular weight excluding hydrogens is 313 g/mol. The number of aryl methyl sites for hydroxylation is 1. The molecule has 0 aliphatic rings. The Labute approximate surface area is 132 Å². The second kappa shape index (κ2) is 7.02. The molecule has 0 spiro atoms. The predicted octanol–water partition coefficient (Wildman–Crippen LogP) is 5.03. The van der Waals surface area contributed by atoms with Crippen molar-refractivity contribution in [1.29, 1.82) is 0 Å². The third-order valence-corrected chi connectivity index (χ3v) is 4.57. The van der Waals surface area contributed by atoms with Crippen molar-refractivity contribution in [2.45, 2.75) is 11.8 Å². The standard InChI is InChI=1S/C15H13Cl2NOS/c1-10-6-7-11(8-13(10)17)18-15(19)9-20-14-5-3-2-4-12(14)16/h2-8H,9H2,1H3,(H,18,19). The lowest BCUT2D eigenvalue weighted by atomic mass is 10.2. The summed E-state index contributed by atoms with van der Waals surface area (Å²) in [4.78, 5) is 12.8. The van der Waals surface area contributed by atoms with Crippen LogP contribution in [0.2, 0.25) is 10.0 Å². The smallest absolute Gasteiger partial charge is 0.234 e. The highest BCUT2D eigenvalue weighted by Gasteiger charge is 2.06. The van der Waals surface area contributed by atoms with Gasteiger partial charge in [-0.2, -0.15) is 0 Å². The number of rotatable bonds is 4. The lowest BCUT2D eigenvalue weighted by Crippen LogP contribution is -2.14. The van der Waals surface area contributed by atoms with Crippen molar-refractivity contribution >= 4 is 46.6 Å². The number of hydrogen-bond acceptors (Lipinski definition) is 2. The Morgan fingerprint density at radius 1 is 1.15 bits per heavy atom. The van der Waals surface area contributed by atoms with Crippen molar-refractivity contribution in [2.75, 3.05) is 11.1 Å². The van der Waals surface area contributed by atoms with E-state index in [0.29, 0.717) is 21.5 Å². The minimum Gasteiger partial charge on any atom is -0.325 e. The van der Waals surface area contributed by atoms with E-state index in [0.717, 1.165) is 10.5 Å². The number of benzene rings is 2. The maximum atomic E-state index is 11.9. The molecule has 2 aromatic carbocycles. The van der Waals surface area contributed by atoms with Crippen LogP contribution in [0.3, 0.4) is 0 Å². The summed E-state index contributed by atoms with van der Waals surface area (Å²) >= 11 is 13.5. The summed E-state index contributed by atoms with van der Waals surface area (Å²) in [7, 11) is 0. The van der Waals surface area contributed by atoms with Gasteiger partial charge in [-0.15, -0.1) is 11.8 Å². The van der Waals surface area contributed by atoms with Gasteiger partial charge >= 0.3 is 0 Å². The number of thioether (sulfide) groups is 1. The van der Waals surface area contributed by atoms with Gasteiger partial charge in [0.05, 0.1) is 10.8 Å². The minimum absolute atomic E-state index is 0.0881. The fourth-order valence-corrected chi connectivity index (χ4v) is 2.79. The van der Waals surface area contributed by atoms with Crippen molar-refractivity contribution in [3.05, 3.63) is 58.1 Å². The molecular formula is C15H13Cl2NOS. The fourth-order valence-electron chi connectivity index (χ4n) is 1.57. The van der Waals surface area contributed by atoms with Crippen molar-refractivity contribution < 1.29 is 4.79 Å². The number of halogens is 2. The Morgan fingerprint density at radius 3 is 2.60 bits per heavy atom. The van der Waals surface area contributed by atoms with Crippen LogP contribution in [-0.2, 0) is 4.79 Å². The third kappa shape index (κ3) is 4.17. The Balaban J connectivity index is 1.93. The molecule has 0 aliphatic heterocycles. The molecule has 0 atom stereocenters. The highest BCUT2D eigenvalue weighted by molar-refractivity contribution is 8.00. The maximum absolute atomic E-state index is 11.9. The molecule has 0 saturated heterocycles. The van der Waals surface area contributed by atoms with Crippen LogP contribution in [0.15, 0.2) is 47.4 Å². The van der Waals surface area contributed by atoms with Gasteiger partial charge in [0.15, 0.2) is 0 Å². The Kier molecular flexibility index (Phi) is 5.35. The highest BCUT2D eigenvalue weighted by atomic mass is 35.5. The van der Waals surface area contributed by atoms with E-state index in [1.54, 1.807) is 6.07 Å². The van der Waals surface area contributed by atoms with E-state index < -0.39 is 0 Å². The Hall–Kier alpha value is -1.16. The first-order valence-electron chi connectivity index (χ1n) is 5.99. The summed E-state index contributed by atoms with van der Waals surface area (Å²) in [6.45, 7) is 1.92. The molecule has 2 rings (SSSR count). The summed E-state index contributed by atoms with van der Waals surface area (Å²) in [5.41, 5.74) is 1.68. The van der Waals surface area contributed by atoms with E-state index in [9.17, 15) is 4.79 Å². The molecule has 0 fully saturated rings. The third-order valence-electron chi connectivity index (χ3n) is 2.65. The minimum atomic E-state index is -0.0881. The maximum Gasteiger partial charge on any atom is 0.234 e. The monoisotopic (exact) mass is 325 g/mol. The molecule has 1 amide bonds. The average molecular weight is 326 g/mol. The number of anilines is 1. The van der Waals surface area contributed by atoms with Gasteiger partial charge in [0, 0.05) is 15.6 Å². The molecule has 0 radical (unpaired) electrons. The topological polar surface area (TPSA) is 29.1 Å². The summed E-state index contributed by atoms with van der Waals surface area (Å²) in [6.07, 6.45) is 0. The molecule has 20 heavy (non-hydrogen) atoms. The van der Waals surface area contributed by atoms with Crippen LogP contribution >= 0.6 is 35.0 Å². The zero-order chi connectivity index (χ0) is 14.5. The SMILES string of the molecule is Cc1ccc(NC(=O)CSc2ccccc2Cl)cc1Cl. The van der Waals surface area contributed by atoms with Crippen molar-refractivity contribution in [1.82, 2.24) is 0 Å². The zero-order valence-electron chi connectivity index (χ0n) is 10.8. The summed E-state index contributed by atoms with van der Waals surface area (Å²) < 4.78 is 0. The normalized spacial score (nSPS) is 10.3. The Morgan fingerprint density at radius 2 is 1.90 bits per heavy atom. The molecule has 5 heteroatoms. The number of amides is 1. The van der Waals surface area contributed by atoms with E-state index in [2.05, 4.69) is 5.32 Å². The number of nitrogens with one attached hydrogen (secondary N) is 1. The van der Waals surface area contributed by atoms with Gasteiger partial charge in [-0.25, -0.2) is 0 Å². The molecule has 0 bridgehead atoms. The van der Waals surface area contributed by atoms with Gasteiger partial charge in [-0.1, -0.05) is 41.4 Å². The Bertz CT molecular complexity index is 631. The lowest BCUT2D eigenvalue weighted by molar-refractivity contribution is -0.113. The first kappa shape index (κ1) is 15.2. The highest BCUT2D eigenvalue weighted by Crippen LogP contribution is 2.26. The van der Waals surface area contributed by atoms with Crippen LogP contribution in [0.5, 0.6) is 0 Å². The van der Waals surface area contributed by atoms with Crippen LogP contribution in [0, 0.1) is 6.92 Å². The van der Waals surface area contributed by atoms with Crippen molar-refractivity contribution in [3.8, 4) is 0 Å². The van der Waals surface area contributed by atoms with Crippen LogP contribution in [0.25, 0.3) is 0 Å². The predicted molar refractivity (Wildman–Crippen MR) is 87.0 cm³/mol. The van der Waals surface area contributed by atoms with Gasteiger partial charge in [0.1, 0.15) is 0 Å². The summed E-state index contributed by atoms with van der Waals surface area (Å²) in [5, 5.41) is 4.11. The molecule has 0 saturated carbocycles. The first-order valence-corrected chi connectivity index (χ1v) is 7.74. The molecule has 1 N–H and O–H groups in total. The molecule has 0 aliphatic carbocycles. The van der Waals surface area contributed by atoms with E-state index >= 15 is 0 Å². The molecule has 0 aromatic heterocycles. The molecule has 104 valence electrons. The van der Waals surface area contributed by atoms with Crippen LogP contribution in [0.4, 0.5) is 5.69 Å². The largest absolute Gasteiger partial charge is 0.325 e. The van der Waals surface area contributed by atoms with Crippen molar-refractivity contribution in [3.63, 3.8) is 0 Å².